The van der Waals surface area contributed by atoms with Crippen LogP contribution in [0.5, 0.6) is 0 Å². The molecule has 0 saturated carbocycles. The monoisotopic (exact) mass is 274 g/mol. The maximum Gasteiger partial charge on any atom is 0.219 e. The van der Waals surface area contributed by atoms with Crippen molar-refractivity contribution in [3.63, 3.8) is 0 Å². The van der Waals surface area contributed by atoms with Gasteiger partial charge in [0.1, 0.15) is 6.29 Å². The van der Waals surface area contributed by atoms with E-state index in [0.29, 0.717) is 6.42 Å². The minimum absolute atomic E-state index is 0.148. The van der Waals surface area contributed by atoms with E-state index < -0.39 is 0 Å². The molecule has 0 radical (unpaired) electrons. The minimum atomic E-state index is 0.148. The van der Waals surface area contributed by atoms with Crippen LogP contribution >= 0.6 is 0 Å². The lowest BCUT2D eigenvalue weighted by atomic mass is 10.3. The summed E-state index contributed by atoms with van der Waals surface area (Å²) in [5, 5.41) is 0. The van der Waals surface area contributed by atoms with Crippen LogP contribution in [-0.2, 0) is 14.3 Å². The van der Waals surface area contributed by atoms with Crippen LogP contribution in [0.4, 0.5) is 0 Å². The summed E-state index contributed by atoms with van der Waals surface area (Å²) in [6.45, 7) is 12.6. The molecule has 0 aromatic rings. The normalized spacial score (nSPS) is 14.7. The van der Waals surface area contributed by atoms with Crippen molar-refractivity contribution in [2.75, 3.05) is 46.4 Å². The Morgan fingerprint density at radius 3 is 2.00 bits per heavy atom. The molecule has 0 aromatic carbocycles. The van der Waals surface area contributed by atoms with Crippen LogP contribution in [0, 0.1) is 0 Å². The molecule has 1 fully saturated rings. The third-order valence-electron chi connectivity index (χ3n) is 2.67. The molecule has 5 nitrogen and oxygen atoms in total. The number of carbonyl (C=O) groups excluding carboxylic acids is 2. The lowest BCUT2D eigenvalue weighted by molar-refractivity contribution is -0.130. The van der Waals surface area contributed by atoms with Crippen molar-refractivity contribution in [3.8, 4) is 0 Å². The average Bonchev–Trinajstić information content (AvgIpc) is 2.48. The Labute approximate surface area is 117 Å². The summed E-state index contributed by atoms with van der Waals surface area (Å²) in [5.41, 5.74) is 0. The van der Waals surface area contributed by atoms with Gasteiger partial charge in [-0.05, 0) is 6.92 Å². The predicted molar refractivity (Wildman–Crippen MR) is 78.3 cm³/mol. The second kappa shape index (κ2) is 15.1. The number of methoxy groups -OCH3 is 1. The topological polar surface area (TPSA) is 49.9 Å². The summed E-state index contributed by atoms with van der Waals surface area (Å²) < 4.78 is 4.54. The van der Waals surface area contributed by atoms with Gasteiger partial charge in [0.2, 0.25) is 5.91 Å². The first kappa shape index (κ1) is 20.4. The number of amides is 1. The van der Waals surface area contributed by atoms with Crippen molar-refractivity contribution in [1.29, 1.82) is 0 Å². The van der Waals surface area contributed by atoms with Crippen LogP contribution in [0.15, 0.2) is 0 Å². The van der Waals surface area contributed by atoms with Gasteiger partial charge in [0, 0.05) is 59.8 Å². The Bertz CT molecular complexity index is 213. The van der Waals surface area contributed by atoms with Crippen LogP contribution in [-0.4, -0.2) is 68.4 Å². The third-order valence-corrected chi connectivity index (χ3v) is 2.67. The lowest BCUT2D eigenvalue weighted by Crippen LogP contribution is -2.48. The third kappa shape index (κ3) is 11.9. The molecule has 1 aliphatic rings. The molecule has 1 heterocycles. The first-order valence-electron chi connectivity index (χ1n) is 7.06. The van der Waals surface area contributed by atoms with E-state index in [2.05, 4.69) is 9.64 Å². The van der Waals surface area contributed by atoms with E-state index >= 15 is 0 Å². The molecular weight excluding hydrogens is 244 g/mol. The molecule has 114 valence electrons. The lowest BCUT2D eigenvalue weighted by Gasteiger charge is -2.33. The fourth-order valence-electron chi connectivity index (χ4n) is 1.52. The van der Waals surface area contributed by atoms with Crippen molar-refractivity contribution < 1.29 is 14.3 Å². The Kier molecular flexibility index (Phi) is 16.2. The molecule has 19 heavy (non-hydrogen) atoms. The number of rotatable bonds is 4. The Morgan fingerprint density at radius 2 is 1.68 bits per heavy atom. The van der Waals surface area contributed by atoms with Crippen molar-refractivity contribution in [1.82, 2.24) is 9.80 Å². The quantitative estimate of drug-likeness (QED) is 0.728. The largest absolute Gasteiger partial charge is 0.385 e. The van der Waals surface area contributed by atoms with Crippen LogP contribution in [0.2, 0.25) is 0 Å². The van der Waals surface area contributed by atoms with Gasteiger partial charge in [0.25, 0.3) is 0 Å². The molecule has 1 rings (SSSR count). The predicted octanol–water partition coefficient (Wildman–Crippen LogP) is 1.42. The smallest absolute Gasteiger partial charge is 0.219 e. The molecule has 0 aliphatic carbocycles. The molecule has 0 spiro atoms. The molecule has 1 aliphatic heterocycles. The van der Waals surface area contributed by atoms with Gasteiger partial charge in [0.05, 0.1) is 0 Å². The highest BCUT2D eigenvalue weighted by molar-refractivity contribution is 5.73. The first-order valence-corrected chi connectivity index (χ1v) is 7.06. The summed E-state index contributed by atoms with van der Waals surface area (Å²) in [7, 11) is 1.68. The molecule has 1 saturated heterocycles. The number of piperazine rings is 1. The second-order valence-electron chi connectivity index (χ2n) is 3.88. The molecule has 0 aromatic heterocycles. The molecule has 1 amide bonds. The van der Waals surface area contributed by atoms with Gasteiger partial charge in [0.15, 0.2) is 0 Å². The molecule has 0 bridgehead atoms. The summed E-state index contributed by atoms with van der Waals surface area (Å²) >= 11 is 0. The Hall–Kier alpha value is -0.940. The highest BCUT2D eigenvalue weighted by Gasteiger charge is 2.17. The van der Waals surface area contributed by atoms with Crippen LogP contribution in [0.25, 0.3) is 0 Å². The Morgan fingerprint density at radius 1 is 1.21 bits per heavy atom. The highest BCUT2D eigenvalue weighted by Crippen LogP contribution is 2.01. The molecule has 0 unspecified atom stereocenters. The number of ether oxygens (including phenoxy) is 1. The maximum atomic E-state index is 11.0. The summed E-state index contributed by atoms with van der Waals surface area (Å²) in [6, 6.07) is 0. The van der Waals surface area contributed by atoms with Gasteiger partial charge in [-0.2, -0.15) is 0 Å². The molecule has 0 atom stereocenters. The van der Waals surface area contributed by atoms with Crippen LogP contribution < -0.4 is 0 Å². The SMILES string of the molecule is CC.CC(=O)N1CCN(CCC=O)CC1.CCOC. The number of aldehydes is 1. The van der Waals surface area contributed by atoms with Crippen molar-refractivity contribution in [2.24, 2.45) is 0 Å². The summed E-state index contributed by atoms with van der Waals surface area (Å²) in [5.74, 6) is 0.148. The zero-order valence-electron chi connectivity index (χ0n) is 13.1. The van der Waals surface area contributed by atoms with Crippen LogP contribution in [0.3, 0.4) is 0 Å². The van der Waals surface area contributed by atoms with E-state index in [9.17, 15) is 9.59 Å². The minimum Gasteiger partial charge on any atom is -0.385 e. The molecular formula is C14H30N2O3. The van der Waals surface area contributed by atoms with E-state index in [1.165, 1.54) is 0 Å². The van der Waals surface area contributed by atoms with E-state index in [1.54, 1.807) is 14.0 Å². The van der Waals surface area contributed by atoms with Gasteiger partial charge in [-0.3, -0.25) is 9.69 Å². The van der Waals surface area contributed by atoms with E-state index in [0.717, 1.165) is 45.6 Å². The second-order valence-corrected chi connectivity index (χ2v) is 3.88. The van der Waals surface area contributed by atoms with E-state index in [-0.39, 0.29) is 5.91 Å². The van der Waals surface area contributed by atoms with E-state index in [1.807, 2.05) is 25.7 Å². The van der Waals surface area contributed by atoms with Gasteiger partial charge >= 0.3 is 0 Å². The van der Waals surface area contributed by atoms with Crippen LogP contribution in [0.1, 0.15) is 34.1 Å². The van der Waals surface area contributed by atoms with E-state index in [4.69, 9.17) is 0 Å². The van der Waals surface area contributed by atoms with Gasteiger partial charge < -0.3 is 14.4 Å². The van der Waals surface area contributed by atoms with Gasteiger partial charge in [-0.15, -0.1) is 0 Å². The number of hydrogen-bond donors (Lipinski definition) is 0. The first-order chi connectivity index (χ1) is 9.15. The molecule has 0 N–H and O–H groups in total. The van der Waals surface area contributed by atoms with Crippen molar-refractivity contribution in [3.05, 3.63) is 0 Å². The number of carbonyl (C=O) groups is 2. The van der Waals surface area contributed by atoms with Gasteiger partial charge in [-0.1, -0.05) is 13.8 Å². The number of hydrogen-bond acceptors (Lipinski definition) is 4. The number of nitrogens with zero attached hydrogens (tertiary/aromatic N) is 2. The maximum absolute atomic E-state index is 11.0. The average molecular weight is 274 g/mol. The summed E-state index contributed by atoms with van der Waals surface area (Å²) in [6.07, 6.45) is 1.54. The fraction of sp³-hybridized carbons (Fsp3) is 0.857. The zero-order valence-corrected chi connectivity index (χ0v) is 13.1. The molecule has 5 heteroatoms. The zero-order chi connectivity index (χ0) is 15.1. The Balaban J connectivity index is 0. The summed E-state index contributed by atoms with van der Waals surface area (Å²) in [4.78, 5) is 25.2. The van der Waals surface area contributed by atoms with Gasteiger partial charge in [-0.25, -0.2) is 0 Å². The van der Waals surface area contributed by atoms with Crippen molar-refractivity contribution >= 4 is 12.2 Å². The highest BCUT2D eigenvalue weighted by atomic mass is 16.5. The standard InChI is InChI=1S/C9H16N2O2.C3H8O.C2H6/c1-9(13)11-6-4-10(5-7-11)3-2-8-12;1-3-4-2;1-2/h8H,2-7H2,1H3;3H2,1-2H3;1-2H3. The fourth-order valence-corrected chi connectivity index (χ4v) is 1.52. The van der Waals surface area contributed by atoms with Crippen molar-refractivity contribution in [2.45, 2.75) is 34.1 Å².